The molecule has 6 heteroatoms. The van der Waals surface area contributed by atoms with E-state index in [2.05, 4.69) is 56.3 Å². The van der Waals surface area contributed by atoms with Gasteiger partial charge < -0.3 is 14.1 Å². The fourth-order valence-electron chi connectivity index (χ4n) is 3.51. The standard InChI is InChI=1S/C20H30N2O3Si/c1-19(2,3)26(6,7)25-20(4)17-14(12-16(22-20)18(23)24-5)13-10-8-9-11-15(13)21-17/h8-11,16,21-22H,12H2,1-7H3. The Balaban J connectivity index is 2.13. The molecule has 5 nitrogen and oxygen atoms in total. The van der Waals surface area contributed by atoms with E-state index in [1.54, 1.807) is 0 Å². The maximum Gasteiger partial charge on any atom is 0.323 e. The number of para-hydroxylation sites is 1. The van der Waals surface area contributed by atoms with Crippen LogP contribution in [0.3, 0.4) is 0 Å². The van der Waals surface area contributed by atoms with Gasteiger partial charge in [-0.3, -0.25) is 10.1 Å². The Kier molecular flexibility index (Phi) is 4.58. The van der Waals surface area contributed by atoms with E-state index in [-0.39, 0.29) is 11.0 Å². The number of H-pyrrole nitrogens is 1. The van der Waals surface area contributed by atoms with Crippen LogP contribution in [0.4, 0.5) is 0 Å². The van der Waals surface area contributed by atoms with Crippen molar-refractivity contribution in [3.63, 3.8) is 0 Å². The third-order valence-electron chi connectivity index (χ3n) is 5.90. The van der Waals surface area contributed by atoms with E-state index in [0.29, 0.717) is 6.42 Å². The summed E-state index contributed by atoms with van der Waals surface area (Å²) in [7, 11) is -0.660. The molecule has 0 radical (unpaired) electrons. The summed E-state index contributed by atoms with van der Waals surface area (Å²) in [6.45, 7) is 13.1. The molecule has 0 amide bonds. The highest BCUT2D eigenvalue weighted by atomic mass is 28.4. The maximum atomic E-state index is 12.3. The molecule has 26 heavy (non-hydrogen) atoms. The van der Waals surface area contributed by atoms with Crippen LogP contribution in [-0.2, 0) is 26.1 Å². The molecule has 0 saturated carbocycles. The maximum absolute atomic E-state index is 12.3. The van der Waals surface area contributed by atoms with Crippen LogP contribution in [-0.4, -0.2) is 32.4 Å². The second-order valence-corrected chi connectivity index (χ2v) is 13.6. The van der Waals surface area contributed by atoms with Crippen molar-refractivity contribution in [3.8, 4) is 0 Å². The summed E-state index contributed by atoms with van der Waals surface area (Å²) in [4.78, 5) is 15.9. The summed E-state index contributed by atoms with van der Waals surface area (Å²) in [5, 5.41) is 4.63. The number of ether oxygens (including phenoxy) is 1. The first-order valence-corrected chi connectivity index (χ1v) is 12.0. The highest BCUT2D eigenvalue weighted by molar-refractivity contribution is 6.74. The van der Waals surface area contributed by atoms with Crippen molar-refractivity contribution in [2.75, 3.05) is 7.11 Å². The molecule has 2 aromatic rings. The van der Waals surface area contributed by atoms with Gasteiger partial charge >= 0.3 is 5.97 Å². The van der Waals surface area contributed by atoms with Crippen molar-refractivity contribution in [2.45, 2.75) is 64.0 Å². The predicted octanol–water partition coefficient (Wildman–Crippen LogP) is 4.05. The highest BCUT2D eigenvalue weighted by Crippen LogP contribution is 2.44. The SMILES string of the molecule is COC(=O)C1Cc2c([nH]c3ccccc23)C(C)(O[Si](C)(C)C(C)(C)C)N1. The Bertz CT molecular complexity index is 837. The minimum absolute atomic E-state index is 0.0576. The first kappa shape index (κ1) is 19.1. The number of nitrogens with one attached hydrogen (secondary N) is 2. The number of aromatic amines is 1. The van der Waals surface area contributed by atoms with Crippen LogP contribution >= 0.6 is 0 Å². The van der Waals surface area contributed by atoms with Gasteiger partial charge in [-0.15, -0.1) is 0 Å². The molecule has 2 unspecified atom stereocenters. The molecular weight excluding hydrogens is 344 g/mol. The molecule has 2 atom stereocenters. The van der Waals surface area contributed by atoms with Crippen LogP contribution in [0.1, 0.15) is 39.0 Å². The lowest BCUT2D eigenvalue weighted by molar-refractivity contribution is -0.146. The molecule has 0 saturated heterocycles. The number of esters is 1. The van der Waals surface area contributed by atoms with Crippen molar-refractivity contribution in [1.82, 2.24) is 10.3 Å². The topological polar surface area (TPSA) is 63.4 Å². The molecular formula is C20H30N2O3Si. The smallest absolute Gasteiger partial charge is 0.323 e. The van der Waals surface area contributed by atoms with Gasteiger partial charge in [-0.25, -0.2) is 0 Å². The van der Waals surface area contributed by atoms with E-state index in [0.717, 1.165) is 22.2 Å². The normalized spacial score (nSPS) is 23.7. The minimum atomic E-state index is -2.09. The molecule has 2 heterocycles. The number of aromatic nitrogens is 1. The van der Waals surface area contributed by atoms with Crippen molar-refractivity contribution in [2.24, 2.45) is 0 Å². The molecule has 0 aliphatic carbocycles. The van der Waals surface area contributed by atoms with Gasteiger partial charge in [-0.2, -0.15) is 0 Å². The summed E-state index contributed by atoms with van der Waals surface area (Å²) in [6.07, 6.45) is 0.586. The van der Waals surface area contributed by atoms with Gasteiger partial charge in [0.05, 0.1) is 12.8 Å². The van der Waals surface area contributed by atoms with Gasteiger partial charge in [0.25, 0.3) is 0 Å². The minimum Gasteiger partial charge on any atom is -0.468 e. The van der Waals surface area contributed by atoms with Crippen molar-refractivity contribution < 1.29 is 14.0 Å². The molecule has 142 valence electrons. The second kappa shape index (κ2) is 6.22. The molecule has 0 bridgehead atoms. The lowest BCUT2D eigenvalue weighted by atomic mass is 9.92. The molecule has 1 aliphatic heterocycles. The number of methoxy groups -OCH3 is 1. The van der Waals surface area contributed by atoms with Crippen molar-refractivity contribution >= 4 is 25.2 Å². The Morgan fingerprint density at radius 2 is 1.92 bits per heavy atom. The number of carbonyl (C=O) groups is 1. The fourth-order valence-corrected chi connectivity index (χ4v) is 5.00. The third kappa shape index (κ3) is 3.10. The van der Waals surface area contributed by atoms with Crippen molar-refractivity contribution in [3.05, 3.63) is 35.5 Å². The quantitative estimate of drug-likeness (QED) is 0.628. The number of carbonyl (C=O) groups excluding carboxylic acids is 1. The molecule has 0 fully saturated rings. The van der Waals surface area contributed by atoms with E-state index in [9.17, 15) is 4.79 Å². The summed E-state index contributed by atoms with van der Waals surface area (Å²) < 4.78 is 11.8. The highest BCUT2D eigenvalue weighted by Gasteiger charge is 2.48. The Morgan fingerprint density at radius 1 is 1.27 bits per heavy atom. The van der Waals surface area contributed by atoms with E-state index in [4.69, 9.17) is 9.16 Å². The molecule has 2 N–H and O–H groups in total. The number of benzene rings is 1. The monoisotopic (exact) mass is 374 g/mol. The summed E-state index contributed by atoms with van der Waals surface area (Å²) in [5.74, 6) is -0.258. The first-order valence-electron chi connectivity index (χ1n) is 9.14. The largest absolute Gasteiger partial charge is 0.468 e. The van der Waals surface area contributed by atoms with E-state index >= 15 is 0 Å². The summed E-state index contributed by atoms with van der Waals surface area (Å²) in [6, 6.07) is 7.77. The lowest BCUT2D eigenvalue weighted by Gasteiger charge is -2.47. The molecule has 1 aromatic heterocycles. The summed E-state index contributed by atoms with van der Waals surface area (Å²) in [5.41, 5.74) is 2.45. The van der Waals surface area contributed by atoms with Crippen molar-refractivity contribution in [1.29, 1.82) is 0 Å². The predicted molar refractivity (Wildman–Crippen MR) is 107 cm³/mol. The zero-order valence-corrected chi connectivity index (χ0v) is 17.8. The van der Waals surface area contributed by atoms with Gasteiger partial charge in [0.2, 0.25) is 0 Å². The first-order chi connectivity index (χ1) is 12.0. The Labute approximate surface area is 156 Å². The second-order valence-electron chi connectivity index (χ2n) is 8.84. The van der Waals surface area contributed by atoms with Gasteiger partial charge in [-0.1, -0.05) is 39.0 Å². The van der Waals surface area contributed by atoms with Gasteiger partial charge in [0, 0.05) is 17.3 Å². The Morgan fingerprint density at radius 3 is 2.54 bits per heavy atom. The molecule has 0 spiro atoms. The summed E-state index contributed by atoms with van der Waals surface area (Å²) >= 11 is 0. The number of fused-ring (bicyclic) bond motifs is 3. The zero-order valence-electron chi connectivity index (χ0n) is 16.8. The van der Waals surface area contributed by atoms with Crippen LogP contribution in [0, 0.1) is 0 Å². The van der Waals surface area contributed by atoms with E-state index < -0.39 is 20.1 Å². The van der Waals surface area contributed by atoms with Crippen LogP contribution in [0.25, 0.3) is 10.9 Å². The zero-order chi connectivity index (χ0) is 19.3. The van der Waals surface area contributed by atoms with E-state index in [1.165, 1.54) is 7.11 Å². The number of hydrogen-bond donors (Lipinski definition) is 2. The average Bonchev–Trinajstić information content (AvgIpc) is 2.92. The van der Waals surface area contributed by atoms with Gasteiger partial charge in [0.1, 0.15) is 11.8 Å². The lowest BCUT2D eigenvalue weighted by Crippen LogP contribution is -2.60. The van der Waals surface area contributed by atoms with Crippen LogP contribution in [0.5, 0.6) is 0 Å². The van der Waals surface area contributed by atoms with E-state index in [1.807, 2.05) is 19.1 Å². The molecule has 3 rings (SSSR count). The Hall–Kier alpha value is -1.63. The molecule has 1 aliphatic rings. The van der Waals surface area contributed by atoms with Gasteiger partial charge in [0.15, 0.2) is 8.32 Å². The fraction of sp³-hybridized carbons (Fsp3) is 0.550. The third-order valence-corrected chi connectivity index (χ3v) is 10.4. The number of rotatable bonds is 3. The van der Waals surface area contributed by atoms with Gasteiger partial charge in [-0.05, 0) is 36.7 Å². The number of hydrogen-bond acceptors (Lipinski definition) is 4. The van der Waals surface area contributed by atoms with Crippen LogP contribution in [0.2, 0.25) is 18.1 Å². The van der Waals surface area contributed by atoms with Crippen LogP contribution < -0.4 is 5.32 Å². The average molecular weight is 375 g/mol. The van der Waals surface area contributed by atoms with Crippen LogP contribution in [0.15, 0.2) is 24.3 Å². The molecule has 1 aromatic carbocycles.